The van der Waals surface area contributed by atoms with Crippen LogP contribution in [0.1, 0.15) is 330 Å². The molecule has 0 aromatic rings. The van der Waals surface area contributed by atoms with E-state index in [4.69, 9.17) is 37.0 Å². The van der Waals surface area contributed by atoms with Crippen molar-refractivity contribution in [3.63, 3.8) is 0 Å². The maximum Gasteiger partial charge on any atom is 0.472 e. The van der Waals surface area contributed by atoms with Crippen LogP contribution in [0.25, 0.3) is 0 Å². The Morgan fingerprint density at radius 1 is 0.371 bits per heavy atom. The summed E-state index contributed by atoms with van der Waals surface area (Å²) in [6.45, 7) is 9.40. The molecule has 0 bridgehead atoms. The van der Waals surface area contributed by atoms with E-state index in [1.807, 2.05) is 0 Å². The van der Waals surface area contributed by atoms with Crippen LogP contribution in [0.4, 0.5) is 0 Å². The highest BCUT2D eigenvalue weighted by Crippen LogP contribution is 2.45. The molecule has 0 amide bonds. The third-order valence-electron chi connectivity index (χ3n) is 15.9. The highest BCUT2D eigenvalue weighted by atomic mass is 31.2. The molecular formula is C70H132O17P2. The minimum Gasteiger partial charge on any atom is -0.462 e. The molecule has 0 aromatic carbocycles. The number of aliphatic hydroxyl groups excluding tert-OH is 1. The summed E-state index contributed by atoms with van der Waals surface area (Å²) < 4.78 is 68.0. The molecule has 0 rings (SSSR count). The van der Waals surface area contributed by atoms with Crippen molar-refractivity contribution in [2.24, 2.45) is 11.8 Å². The molecular weight excluding hydrogens is 1170 g/mol. The zero-order chi connectivity index (χ0) is 65.7. The summed E-state index contributed by atoms with van der Waals surface area (Å²) in [5, 5.41) is 10.5. The van der Waals surface area contributed by atoms with Gasteiger partial charge in [-0.2, -0.15) is 0 Å². The number of rotatable bonds is 67. The lowest BCUT2D eigenvalue weighted by molar-refractivity contribution is -0.161. The first kappa shape index (κ1) is 86.5. The predicted molar refractivity (Wildman–Crippen MR) is 358 cm³/mol. The Morgan fingerprint density at radius 2 is 0.663 bits per heavy atom. The largest absolute Gasteiger partial charge is 0.472 e. The second-order valence-corrected chi connectivity index (χ2v) is 28.2. The third kappa shape index (κ3) is 62.7. The molecule has 89 heavy (non-hydrogen) atoms. The second-order valence-electron chi connectivity index (χ2n) is 25.3. The van der Waals surface area contributed by atoms with E-state index in [1.165, 1.54) is 122 Å². The zero-order valence-corrected chi connectivity index (χ0v) is 59.0. The van der Waals surface area contributed by atoms with E-state index in [-0.39, 0.29) is 25.7 Å². The van der Waals surface area contributed by atoms with Crippen LogP contribution >= 0.6 is 15.6 Å². The molecule has 0 spiro atoms. The van der Waals surface area contributed by atoms with Crippen molar-refractivity contribution >= 4 is 39.5 Å². The van der Waals surface area contributed by atoms with Crippen LogP contribution in [-0.4, -0.2) is 96.7 Å². The van der Waals surface area contributed by atoms with Gasteiger partial charge in [0.15, 0.2) is 12.2 Å². The summed E-state index contributed by atoms with van der Waals surface area (Å²) in [4.78, 5) is 72.2. The van der Waals surface area contributed by atoms with E-state index in [0.717, 1.165) is 127 Å². The molecule has 0 aliphatic rings. The standard InChI is InChI=1S/C70H132O17P2/c1-7-10-12-14-15-16-17-18-19-23-26-29-35-41-47-53-68(73)81-59-66(87-69(74)54-48-42-36-30-27-24-21-20-22-25-28-34-40-45-51-63(6)9-3)61-85-89(78,79)83-57-64(71)56-82-88(76,77)84-60-65(58-80-67(72)52-46-38-13-11-8-2)86-70(75)55-49-43-37-32-31-33-39-44-50-62(4)5/h16-19,62-66,71H,7-15,20-61H2,1-6H3,(H,76,77)(H,78,79)/b17-16-,19-18-/t63?,64-,65+,66+/m0/s1. The van der Waals surface area contributed by atoms with Gasteiger partial charge < -0.3 is 33.8 Å². The smallest absolute Gasteiger partial charge is 0.462 e. The van der Waals surface area contributed by atoms with Crippen molar-refractivity contribution in [2.75, 3.05) is 39.6 Å². The summed E-state index contributed by atoms with van der Waals surface area (Å²) in [5.41, 5.74) is 0. The summed E-state index contributed by atoms with van der Waals surface area (Å²) in [6.07, 6.45) is 49.8. The van der Waals surface area contributed by atoms with Gasteiger partial charge in [0.1, 0.15) is 19.3 Å². The Labute approximate surface area is 542 Å². The fourth-order valence-corrected chi connectivity index (χ4v) is 11.6. The number of phosphoric acid groups is 2. The number of hydrogen-bond donors (Lipinski definition) is 3. The predicted octanol–water partition coefficient (Wildman–Crippen LogP) is 19.5. The van der Waals surface area contributed by atoms with Gasteiger partial charge in [0, 0.05) is 25.7 Å². The topological polar surface area (TPSA) is 237 Å². The van der Waals surface area contributed by atoms with E-state index < -0.39 is 97.5 Å². The van der Waals surface area contributed by atoms with Gasteiger partial charge in [-0.05, 0) is 63.2 Å². The average molecular weight is 1310 g/mol. The summed E-state index contributed by atoms with van der Waals surface area (Å²) in [7, 11) is -9.90. The first-order valence-electron chi connectivity index (χ1n) is 35.8. The van der Waals surface area contributed by atoms with Gasteiger partial charge in [0.2, 0.25) is 0 Å². The maximum absolute atomic E-state index is 13.0. The SMILES string of the molecule is CCCCCC/C=C\C=C/CCCCCCCC(=O)OC[C@H](COP(=O)(O)OC[C@@H](O)COP(=O)(O)OC[C@@H](COC(=O)CCCCCCC)OC(=O)CCCCCCCCCCC(C)C)OC(=O)CCCCCCCCCCCCCCCCC(C)CC. The van der Waals surface area contributed by atoms with Crippen molar-refractivity contribution in [3.05, 3.63) is 24.3 Å². The van der Waals surface area contributed by atoms with Crippen molar-refractivity contribution in [1.82, 2.24) is 0 Å². The first-order chi connectivity index (χ1) is 42.9. The van der Waals surface area contributed by atoms with Crippen LogP contribution in [0.2, 0.25) is 0 Å². The Kier molecular flexibility index (Phi) is 60.0. The molecule has 3 N–H and O–H groups in total. The minimum absolute atomic E-state index is 0.100. The van der Waals surface area contributed by atoms with Gasteiger partial charge in [-0.25, -0.2) is 9.13 Å². The fraction of sp³-hybridized carbons (Fsp3) is 0.886. The Balaban J connectivity index is 5.20. The van der Waals surface area contributed by atoms with Crippen LogP contribution in [0.5, 0.6) is 0 Å². The number of allylic oxidation sites excluding steroid dienone is 4. The molecule has 524 valence electrons. The lowest BCUT2D eigenvalue weighted by Gasteiger charge is -2.21. The second kappa shape index (κ2) is 61.7. The molecule has 19 heteroatoms. The molecule has 0 heterocycles. The van der Waals surface area contributed by atoms with Gasteiger partial charge in [0.25, 0.3) is 0 Å². The van der Waals surface area contributed by atoms with E-state index in [0.29, 0.717) is 25.7 Å². The average Bonchev–Trinajstić information content (AvgIpc) is 3.53. The number of unbranched alkanes of at least 4 members (excludes halogenated alkanes) is 33. The summed E-state index contributed by atoms with van der Waals surface area (Å²) in [6, 6.07) is 0. The monoisotopic (exact) mass is 1310 g/mol. The molecule has 0 radical (unpaired) electrons. The highest BCUT2D eigenvalue weighted by molar-refractivity contribution is 7.47. The van der Waals surface area contributed by atoms with E-state index in [2.05, 4.69) is 65.8 Å². The van der Waals surface area contributed by atoms with Crippen molar-refractivity contribution in [1.29, 1.82) is 0 Å². The first-order valence-corrected chi connectivity index (χ1v) is 38.8. The van der Waals surface area contributed by atoms with Gasteiger partial charge in [-0.1, -0.05) is 278 Å². The molecule has 0 saturated carbocycles. The van der Waals surface area contributed by atoms with Crippen LogP contribution < -0.4 is 0 Å². The Morgan fingerprint density at radius 3 is 1.01 bits per heavy atom. The van der Waals surface area contributed by atoms with Crippen LogP contribution in [0, 0.1) is 11.8 Å². The molecule has 0 aromatic heterocycles. The Hall–Kier alpha value is -2.46. The number of esters is 4. The molecule has 0 fully saturated rings. The Bertz CT molecular complexity index is 1830. The summed E-state index contributed by atoms with van der Waals surface area (Å²) in [5.74, 6) is -0.607. The molecule has 0 aliphatic heterocycles. The third-order valence-corrected chi connectivity index (χ3v) is 17.8. The number of carbonyl (C=O) groups excluding carboxylic acids is 4. The highest BCUT2D eigenvalue weighted by Gasteiger charge is 2.30. The van der Waals surface area contributed by atoms with E-state index in [1.54, 1.807) is 0 Å². The van der Waals surface area contributed by atoms with Crippen molar-refractivity contribution in [3.8, 4) is 0 Å². The molecule has 6 atom stereocenters. The molecule has 17 nitrogen and oxygen atoms in total. The minimum atomic E-state index is -4.96. The van der Waals surface area contributed by atoms with Gasteiger partial charge in [0.05, 0.1) is 26.4 Å². The van der Waals surface area contributed by atoms with Gasteiger partial charge in [-0.3, -0.25) is 37.3 Å². The van der Waals surface area contributed by atoms with E-state index in [9.17, 15) is 43.2 Å². The number of hydrogen-bond acceptors (Lipinski definition) is 15. The molecule has 3 unspecified atom stereocenters. The van der Waals surface area contributed by atoms with Crippen LogP contribution in [0.15, 0.2) is 24.3 Å². The number of phosphoric ester groups is 2. The van der Waals surface area contributed by atoms with E-state index >= 15 is 0 Å². The zero-order valence-electron chi connectivity index (χ0n) is 57.2. The van der Waals surface area contributed by atoms with Gasteiger partial charge >= 0.3 is 39.5 Å². The van der Waals surface area contributed by atoms with Crippen LogP contribution in [-0.2, 0) is 65.4 Å². The molecule has 0 aliphatic carbocycles. The number of ether oxygens (including phenoxy) is 4. The van der Waals surface area contributed by atoms with Crippen molar-refractivity contribution in [2.45, 2.75) is 349 Å². The summed E-state index contributed by atoms with van der Waals surface area (Å²) >= 11 is 0. The lowest BCUT2D eigenvalue weighted by atomic mass is 9.99. The lowest BCUT2D eigenvalue weighted by Crippen LogP contribution is -2.30. The normalized spacial score (nSPS) is 14.6. The van der Waals surface area contributed by atoms with Gasteiger partial charge in [-0.15, -0.1) is 0 Å². The maximum atomic E-state index is 13.0. The number of carbonyl (C=O) groups is 4. The quantitative estimate of drug-likeness (QED) is 0.0169. The number of aliphatic hydroxyl groups is 1. The fourth-order valence-electron chi connectivity index (χ4n) is 10.0. The van der Waals surface area contributed by atoms with Crippen LogP contribution in [0.3, 0.4) is 0 Å². The molecule has 0 saturated heterocycles. The van der Waals surface area contributed by atoms with Crippen molar-refractivity contribution < 1.29 is 80.2 Å².